The van der Waals surface area contributed by atoms with Crippen LogP contribution in [-0.2, 0) is 0 Å². The van der Waals surface area contributed by atoms with Gasteiger partial charge in [0.2, 0.25) is 0 Å². The molecule has 14 aromatic carbocycles. The van der Waals surface area contributed by atoms with Crippen LogP contribution in [0.5, 0.6) is 0 Å². The lowest BCUT2D eigenvalue weighted by atomic mass is 9.95. The number of hydrogen-bond donors (Lipinski definition) is 0. The molecule has 0 atom stereocenters. The van der Waals surface area contributed by atoms with Crippen molar-refractivity contribution in [3.63, 3.8) is 0 Å². The molecule has 0 fully saturated rings. The van der Waals surface area contributed by atoms with Crippen molar-refractivity contribution in [2.75, 3.05) is 0 Å². The van der Waals surface area contributed by atoms with Crippen LogP contribution < -0.4 is 0 Å². The van der Waals surface area contributed by atoms with Gasteiger partial charge in [0.05, 0.1) is 22.8 Å². The first-order valence-corrected chi connectivity index (χ1v) is 37.7. The van der Waals surface area contributed by atoms with E-state index in [0.29, 0.717) is 11.6 Å². The summed E-state index contributed by atoms with van der Waals surface area (Å²) in [5, 5.41) is 0. The first kappa shape index (κ1) is 71.6. The zero-order chi connectivity index (χ0) is 72.9. The van der Waals surface area contributed by atoms with E-state index in [1.54, 1.807) is 0 Å². The van der Waals surface area contributed by atoms with Crippen LogP contribution in [0.3, 0.4) is 0 Å². The summed E-state index contributed by atoms with van der Waals surface area (Å²) in [6.07, 6.45) is 6.78. The zero-order valence-electron chi connectivity index (χ0n) is 58.5. The minimum atomic E-state index is 0.670. The number of nitrogens with zero attached hydrogens (tertiary/aromatic N) is 4. The van der Waals surface area contributed by atoms with E-state index in [2.05, 4.69) is 382 Å². The van der Waals surface area contributed by atoms with E-state index >= 15 is 0 Å². The Hall–Kier alpha value is -12.4. The minimum Gasteiger partial charge on any atom is -0.228 e. The summed E-state index contributed by atoms with van der Waals surface area (Å²) in [6, 6.07) is 138. The van der Waals surface area contributed by atoms with E-state index in [4.69, 9.17) is 19.9 Å². The van der Waals surface area contributed by atoms with Crippen molar-refractivity contribution in [1.29, 1.82) is 0 Å². The molecule has 16 aromatic rings. The maximum atomic E-state index is 5.24. The largest absolute Gasteiger partial charge is 0.228 e. The van der Waals surface area contributed by atoms with Gasteiger partial charge >= 0.3 is 0 Å². The average Bonchev–Trinajstić information content (AvgIpc) is 0.795. The summed E-state index contributed by atoms with van der Waals surface area (Å²) >= 11 is 10.5. The summed E-state index contributed by atoms with van der Waals surface area (Å²) in [5.41, 5.74) is 26.9. The number of hydrogen-bond acceptors (Lipinski definition) is 4. The van der Waals surface area contributed by atoms with Crippen LogP contribution in [0.1, 0.15) is 61.2 Å². The van der Waals surface area contributed by atoms with E-state index in [1.807, 2.05) is 91.0 Å². The van der Waals surface area contributed by atoms with Gasteiger partial charge in [-0.1, -0.05) is 406 Å². The van der Waals surface area contributed by atoms with Crippen LogP contribution in [0.25, 0.3) is 108 Å². The predicted octanol–water partition coefficient (Wildman–Crippen LogP) is 27.8. The highest BCUT2D eigenvalue weighted by molar-refractivity contribution is 9.11. The zero-order valence-corrected chi connectivity index (χ0v) is 63.2. The molecule has 2 heterocycles. The number of aromatic nitrogens is 4. The molecule has 0 saturated carbocycles. The van der Waals surface area contributed by atoms with Gasteiger partial charge in [-0.2, -0.15) is 0 Å². The van der Waals surface area contributed by atoms with E-state index in [1.165, 1.54) is 61.2 Å². The molecular formula is C100H71Br3N4. The van der Waals surface area contributed by atoms with Gasteiger partial charge in [-0.3, -0.25) is 0 Å². The van der Waals surface area contributed by atoms with Crippen LogP contribution in [0.15, 0.2) is 420 Å². The quantitative estimate of drug-likeness (QED) is 0.0853. The Bertz CT molecular complexity index is 4980. The molecule has 0 aliphatic carbocycles. The lowest BCUT2D eigenvalue weighted by molar-refractivity contribution is 1.18. The van der Waals surface area contributed by atoms with Crippen molar-refractivity contribution in [3.05, 3.63) is 482 Å². The Labute approximate surface area is 652 Å². The van der Waals surface area contributed by atoms with Crippen LogP contribution in [0.4, 0.5) is 0 Å². The summed E-state index contributed by atoms with van der Waals surface area (Å²) in [7, 11) is 0. The predicted molar refractivity (Wildman–Crippen MR) is 460 cm³/mol. The van der Waals surface area contributed by atoms with Gasteiger partial charge in [0, 0.05) is 46.8 Å². The SMILES string of the molecule is Brc1ccc(-c2cc(-c3ccc(Br)cc3)nc(-c3ccc(Br)cc3)n2)cc1.C(=C(c1ccccc1)c1ccccc1)c1ccc(-c2cc(-c3ccc(C=C(c4ccccc4)c4ccccc4)cc3)nc(-c3ccc(C=C(c4ccccc4)c4ccccc4)cc3)n2)cc1.C=C(c1ccccc1)c1ccccc1. The molecule has 512 valence electrons. The average molecular weight is 1570 g/mol. The van der Waals surface area contributed by atoms with Crippen molar-refractivity contribution < 1.29 is 0 Å². The van der Waals surface area contributed by atoms with Crippen molar-refractivity contribution in [2.24, 2.45) is 0 Å². The van der Waals surface area contributed by atoms with Gasteiger partial charge in [-0.05, 0) is 150 Å². The Morgan fingerprint density at radius 1 is 0.206 bits per heavy atom. The molecule has 7 heteroatoms. The molecule has 0 bridgehead atoms. The van der Waals surface area contributed by atoms with Crippen molar-refractivity contribution in [2.45, 2.75) is 0 Å². The Morgan fingerprint density at radius 3 is 0.598 bits per heavy atom. The van der Waals surface area contributed by atoms with Gasteiger partial charge in [0.15, 0.2) is 11.6 Å². The Kier molecular flexibility index (Phi) is 23.7. The minimum absolute atomic E-state index is 0.670. The van der Waals surface area contributed by atoms with E-state index in [9.17, 15) is 0 Å². The molecule has 0 unspecified atom stereocenters. The van der Waals surface area contributed by atoms with Gasteiger partial charge < -0.3 is 0 Å². The highest BCUT2D eigenvalue weighted by atomic mass is 79.9. The Morgan fingerprint density at radius 2 is 0.383 bits per heavy atom. The lowest BCUT2D eigenvalue weighted by Gasteiger charge is -2.12. The monoisotopic (exact) mass is 1560 g/mol. The van der Waals surface area contributed by atoms with Crippen LogP contribution in [-0.4, -0.2) is 19.9 Å². The number of halogens is 3. The second-order valence-electron chi connectivity index (χ2n) is 25.4. The van der Waals surface area contributed by atoms with Crippen molar-refractivity contribution in [1.82, 2.24) is 19.9 Å². The first-order chi connectivity index (χ1) is 52.7. The fourth-order valence-corrected chi connectivity index (χ4v) is 13.3. The highest BCUT2D eigenvalue weighted by Gasteiger charge is 2.16. The van der Waals surface area contributed by atoms with E-state index < -0.39 is 0 Å². The third-order valence-electron chi connectivity index (χ3n) is 18.1. The van der Waals surface area contributed by atoms with Crippen LogP contribution in [0.2, 0.25) is 0 Å². The fourth-order valence-electron chi connectivity index (χ4n) is 12.5. The molecule has 0 radical (unpaired) electrons. The van der Waals surface area contributed by atoms with E-state index in [0.717, 1.165) is 91.8 Å². The normalized spacial score (nSPS) is 10.6. The fraction of sp³-hybridized carbons (Fsp3) is 0. The molecule has 0 aliphatic heterocycles. The third-order valence-corrected chi connectivity index (χ3v) is 19.7. The summed E-state index contributed by atoms with van der Waals surface area (Å²) in [5.74, 6) is 1.38. The second-order valence-corrected chi connectivity index (χ2v) is 28.1. The van der Waals surface area contributed by atoms with Gasteiger partial charge in [-0.25, -0.2) is 19.9 Å². The van der Waals surface area contributed by atoms with Crippen LogP contribution >= 0.6 is 47.8 Å². The molecule has 0 amide bonds. The second kappa shape index (κ2) is 35.4. The lowest BCUT2D eigenvalue weighted by Crippen LogP contribution is -1.96. The smallest absolute Gasteiger partial charge is 0.160 e. The molecule has 16 rings (SSSR count). The summed E-state index contributed by atoms with van der Waals surface area (Å²) in [4.78, 5) is 20.1. The molecule has 0 saturated heterocycles. The third kappa shape index (κ3) is 19.0. The molecule has 107 heavy (non-hydrogen) atoms. The standard InChI is InChI=1S/C64H46N2.C22H13Br3N2.C14H12/c1-7-19-50(20-8-1)59(51-21-9-2-10-22-51)43-47-31-37-56(38-32-47)62-46-63(57-39-33-48(34-40-57)44-60(52-23-11-3-12-24-52)53-25-13-4-14-26-53)66-64(65-62)58-41-35-49(36-42-58)45-61(54-27-15-5-16-28-54)55-29-17-6-18-30-55;23-17-7-1-14(2-8-17)20-13-21(15-3-9-18(24)10-4-15)27-22(26-20)16-5-11-19(25)12-6-16;1-12(13-8-4-2-5-9-13)14-10-6-3-7-11-14/h1-46H;1-13H;2-11H,1H2. The van der Waals surface area contributed by atoms with Gasteiger partial charge in [0.25, 0.3) is 0 Å². The van der Waals surface area contributed by atoms with E-state index in [-0.39, 0.29) is 0 Å². The van der Waals surface area contributed by atoms with Gasteiger partial charge in [0.1, 0.15) is 0 Å². The van der Waals surface area contributed by atoms with Crippen LogP contribution in [0, 0.1) is 0 Å². The molecular weight excluding hydrogens is 1500 g/mol. The molecule has 0 aliphatic rings. The maximum absolute atomic E-state index is 5.24. The maximum Gasteiger partial charge on any atom is 0.160 e. The molecule has 4 nitrogen and oxygen atoms in total. The number of benzene rings is 14. The topological polar surface area (TPSA) is 51.6 Å². The first-order valence-electron chi connectivity index (χ1n) is 35.3. The Balaban J connectivity index is 0.000000189. The van der Waals surface area contributed by atoms with Gasteiger partial charge in [-0.15, -0.1) is 0 Å². The van der Waals surface area contributed by atoms with Crippen molar-refractivity contribution in [3.8, 4) is 67.8 Å². The van der Waals surface area contributed by atoms with Crippen molar-refractivity contribution >= 4 is 88.3 Å². The summed E-state index contributed by atoms with van der Waals surface area (Å²) < 4.78 is 3.12. The highest BCUT2D eigenvalue weighted by Crippen LogP contribution is 2.35. The molecule has 2 aromatic heterocycles. The number of rotatable bonds is 17. The molecule has 0 spiro atoms. The molecule has 0 N–H and O–H groups in total. The summed E-state index contributed by atoms with van der Waals surface area (Å²) in [6.45, 7) is 4.10.